The summed E-state index contributed by atoms with van der Waals surface area (Å²) >= 11 is 1.43. The van der Waals surface area contributed by atoms with E-state index in [4.69, 9.17) is 9.57 Å². The van der Waals surface area contributed by atoms with E-state index in [-0.39, 0.29) is 17.8 Å². The SMILES string of the molecule is C/C=C(\C=C/NOC)CC(c1ccc(OC(F)F)c(OC2CC2)c1)c1cnc(C(C)(C)O)s1. The Morgan fingerprint density at radius 1 is 1.33 bits per heavy atom. The fourth-order valence-corrected chi connectivity index (χ4v) is 4.28. The number of hydroxylamine groups is 1. The van der Waals surface area contributed by atoms with Crippen LogP contribution in [0, 0.1) is 0 Å². The Bertz CT molecular complexity index is 981. The topological polar surface area (TPSA) is 72.8 Å². The number of aromatic nitrogens is 1. The Labute approximate surface area is 196 Å². The molecule has 33 heavy (non-hydrogen) atoms. The van der Waals surface area contributed by atoms with Crippen molar-refractivity contribution in [1.82, 2.24) is 10.5 Å². The zero-order valence-electron chi connectivity index (χ0n) is 19.2. The predicted octanol–water partition coefficient (Wildman–Crippen LogP) is 5.65. The zero-order valence-corrected chi connectivity index (χ0v) is 20.0. The number of rotatable bonds is 12. The quantitative estimate of drug-likeness (QED) is 0.302. The number of hydrogen-bond acceptors (Lipinski definition) is 7. The molecule has 3 rings (SSSR count). The van der Waals surface area contributed by atoms with Crippen molar-refractivity contribution in [2.24, 2.45) is 0 Å². The van der Waals surface area contributed by atoms with Gasteiger partial charge >= 0.3 is 6.61 Å². The van der Waals surface area contributed by atoms with E-state index in [0.717, 1.165) is 28.9 Å². The Kier molecular flexibility index (Phi) is 8.45. The molecule has 9 heteroatoms. The van der Waals surface area contributed by atoms with Gasteiger partial charge in [-0.15, -0.1) is 11.3 Å². The fourth-order valence-electron chi connectivity index (χ4n) is 3.23. The van der Waals surface area contributed by atoms with Crippen molar-refractivity contribution < 1.29 is 28.2 Å². The van der Waals surface area contributed by atoms with E-state index in [9.17, 15) is 13.9 Å². The highest BCUT2D eigenvalue weighted by Gasteiger charge is 2.28. The van der Waals surface area contributed by atoms with Crippen LogP contribution >= 0.6 is 11.3 Å². The number of nitrogens with one attached hydrogen (secondary N) is 1. The maximum absolute atomic E-state index is 12.9. The Balaban J connectivity index is 1.99. The summed E-state index contributed by atoms with van der Waals surface area (Å²) in [5.41, 5.74) is 3.53. The van der Waals surface area contributed by atoms with E-state index >= 15 is 0 Å². The van der Waals surface area contributed by atoms with Crippen LogP contribution in [-0.4, -0.2) is 29.9 Å². The van der Waals surface area contributed by atoms with E-state index in [1.54, 1.807) is 38.4 Å². The molecule has 1 aliphatic rings. The third kappa shape index (κ3) is 7.25. The van der Waals surface area contributed by atoms with Crippen LogP contribution in [0.2, 0.25) is 0 Å². The molecule has 0 saturated heterocycles. The number of allylic oxidation sites excluding steroid dienone is 3. The molecule has 0 spiro atoms. The number of nitrogens with zero attached hydrogens (tertiary/aromatic N) is 1. The van der Waals surface area contributed by atoms with Crippen LogP contribution in [0.25, 0.3) is 0 Å². The maximum atomic E-state index is 12.9. The van der Waals surface area contributed by atoms with E-state index in [0.29, 0.717) is 17.2 Å². The fraction of sp³-hybridized carbons (Fsp3) is 0.458. The van der Waals surface area contributed by atoms with Crippen molar-refractivity contribution >= 4 is 11.3 Å². The first kappa shape index (κ1) is 25.1. The minimum atomic E-state index is -2.93. The summed E-state index contributed by atoms with van der Waals surface area (Å²) in [4.78, 5) is 10.2. The summed E-state index contributed by atoms with van der Waals surface area (Å²) in [6, 6.07) is 5.08. The lowest BCUT2D eigenvalue weighted by molar-refractivity contribution is -0.0516. The third-order valence-corrected chi connectivity index (χ3v) is 6.51. The van der Waals surface area contributed by atoms with Crippen LogP contribution in [0.5, 0.6) is 11.5 Å². The standard InChI is InChI=1S/C24H30F2N2O4S/c1-5-15(10-11-28-30-4)12-18(21-14-27-22(33-21)24(2,3)29)16-6-9-19(32-23(25)26)20(13-16)31-17-7-8-17/h5-6,9-11,13-14,17-18,23,28-29H,7-8,12H2,1-4H3/b11-10-,15-5+. The van der Waals surface area contributed by atoms with Crippen LogP contribution in [0.4, 0.5) is 8.78 Å². The molecule has 2 aromatic rings. The number of aliphatic hydroxyl groups is 1. The molecule has 1 aromatic carbocycles. The highest BCUT2D eigenvalue weighted by Crippen LogP contribution is 2.42. The van der Waals surface area contributed by atoms with Gasteiger partial charge in [-0.2, -0.15) is 8.78 Å². The van der Waals surface area contributed by atoms with Gasteiger partial charge in [-0.05, 0) is 69.4 Å². The molecule has 1 heterocycles. The molecule has 1 fully saturated rings. The molecule has 1 aliphatic carbocycles. The Morgan fingerprint density at radius 3 is 2.67 bits per heavy atom. The Hall–Kier alpha value is -2.49. The molecule has 1 atom stereocenters. The molecule has 1 unspecified atom stereocenters. The third-order valence-electron chi connectivity index (χ3n) is 5.09. The summed E-state index contributed by atoms with van der Waals surface area (Å²) in [6.07, 6.45) is 9.79. The van der Waals surface area contributed by atoms with Gasteiger partial charge in [-0.25, -0.2) is 4.98 Å². The van der Waals surface area contributed by atoms with E-state index in [1.165, 1.54) is 24.5 Å². The molecular formula is C24H30F2N2O4S. The van der Waals surface area contributed by atoms with Gasteiger partial charge in [0.15, 0.2) is 11.5 Å². The molecule has 1 aromatic heterocycles. The van der Waals surface area contributed by atoms with Crippen molar-refractivity contribution in [1.29, 1.82) is 0 Å². The molecule has 2 N–H and O–H groups in total. The number of hydrogen-bond donors (Lipinski definition) is 2. The predicted molar refractivity (Wildman–Crippen MR) is 124 cm³/mol. The highest BCUT2D eigenvalue weighted by atomic mass is 32.1. The molecule has 180 valence electrons. The lowest BCUT2D eigenvalue weighted by Crippen LogP contribution is -2.14. The second kappa shape index (κ2) is 11.1. The number of alkyl halides is 2. The van der Waals surface area contributed by atoms with Gasteiger partial charge in [0.05, 0.1) is 13.2 Å². The normalized spacial score (nSPS) is 15.8. The molecule has 6 nitrogen and oxygen atoms in total. The molecular weight excluding hydrogens is 450 g/mol. The molecule has 0 bridgehead atoms. The largest absolute Gasteiger partial charge is 0.487 e. The second-order valence-corrected chi connectivity index (χ2v) is 9.37. The van der Waals surface area contributed by atoms with Crippen molar-refractivity contribution in [2.45, 2.75) is 64.3 Å². The number of thiazole rings is 1. The number of benzene rings is 1. The first-order valence-corrected chi connectivity index (χ1v) is 11.6. The minimum Gasteiger partial charge on any atom is -0.487 e. The van der Waals surface area contributed by atoms with Crippen LogP contribution in [0.15, 0.2) is 48.3 Å². The molecule has 0 amide bonds. The van der Waals surface area contributed by atoms with Crippen molar-refractivity contribution in [2.75, 3.05) is 7.11 Å². The monoisotopic (exact) mass is 480 g/mol. The van der Waals surface area contributed by atoms with E-state index in [2.05, 4.69) is 15.2 Å². The Morgan fingerprint density at radius 2 is 2.09 bits per heavy atom. The van der Waals surface area contributed by atoms with Crippen molar-refractivity contribution in [3.05, 3.63) is 63.8 Å². The number of ether oxygens (including phenoxy) is 2. The van der Waals surface area contributed by atoms with Crippen LogP contribution in [-0.2, 0) is 10.4 Å². The lowest BCUT2D eigenvalue weighted by Gasteiger charge is -2.20. The van der Waals surface area contributed by atoms with Crippen LogP contribution in [0.1, 0.15) is 61.4 Å². The highest BCUT2D eigenvalue weighted by molar-refractivity contribution is 7.11. The average Bonchev–Trinajstić information content (AvgIpc) is 3.42. The minimum absolute atomic E-state index is 0.0244. The number of halogens is 2. The van der Waals surface area contributed by atoms with Gasteiger partial charge in [-0.1, -0.05) is 12.1 Å². The summed E-state index contributed by atoms with van der Waals surface area (Å²) in [5.74, 6) is 0.196. The van der Waals surface area contributed by atoms with Gasteiger partial charge in [0.2, 0.25) is 0 Å². The van der Waals surface area contributed by atoms with E-state index < -0.39 is 12.2 Å². The van der Waals surface area contributed by atoms with Gasteiger partial charge in [0.25, 0.3) is 0 Å². The summed E-state index contributed by atoms with van der Waals surface area (Å²) in [5, 5.41) is 11.0. The first-order chi connectivity index (χ1) is 15.7. The van der Waals surface area contributed by atoms with Crippen LogP contribution in [0.3, 0.4) is 0 Å². The zero-order chi connectivity index (χ0) is 24.0. The summed E-state index contributed by atoms with van der Waals surface area (Å²) < 4.78 is 36.4. The van der Waals surface area contributed by atoms with E-state index in [1.807, 2.05) is 19.1 Å². The summed E-state index contributed by atoms with van der Waals surface area (Å²) in [7, 11) is 1.53. The average molecular weight is 481 g/mol. The van der Waals surface area contributed by atoms with Crippen LogP contribution < -0.4 is 15.0 Å². The maximum Gasteiger partial charge on any atom is 0.387 e. The van der Waals surface area contributed by atoms with Gasteiger partial charge in [0.1, 0.15) is 10.6 Å². The first-order valence-electron chi connectivity index (χ1n) is 10.8. The molecule has 0 aliphatic heterocycles. The van der Waals surface area contributed by atoms with Crippen molar-refractivity contribution in [3.8, 4) is 11.5 Å². The van der Waals surface area contributed by atoms with Gasteiger partial charge in [0, 0.05) is 23.2 Å². The molecule has 0 radical (unpaired) electrons. The van der Waals surface area contributed by atoms with Gasteiger partial charge in [-0.3, -0.25) is 10.3 Å². The lowest BCUT2D eigenvalue weighted by atomic mass is 9.90. The van der Waals surface area contributed by atoms with Gasteiger partial charge < -0.3 is 14.6 Å². The second-order valence-electron chi connectivity index (χ2n) is 8.30. The molecule has 1 saturated carbocycles. The summed E-state index contributed by atoms with van der Waals surface area (Å²) in [6.45, 7) is 2.40. The van der Waals surface area contributed by atoms with Crippen molar-refractivity contribution in [3.63, 3.8) is 0 Å². The smallest absolute Gasteiger partial charge is 0.387 e.